The van der Waals surface area contributed by atoms with Gasteiger partial charge in [0.05, 0.1) is 6.61 Å². The van der Waals surface area contributed by atoms with Crippen LogP contribution < -0.4 is 0 Å². The third-order valence-corrected chi connectivity index (χ3v) is 4.16. The Balaban J connectivity index is 3.11. The van der Waals surface area contributed by atoms with Crippen molar-refractivity contribution in [1.82, 2.24) is 0 Å². The Bertz CT molecular complexity index is 307. The van der Waals surface area contributed by atoms with Gasteiger partial charge in [-0.25, -0.2) is 0 Å². The van der Waals surface area contributed by atoms with Gasteiger partial charge in [-0.2, -0.15) is 0 Å². The van der Waals surface area contributed by atoms with Gasteiger partial charge in [0, 0.05) is 6.42 Å². The quantitative estimate of drug-likeness (QED) is 0.184. The Labute approximate surface area is 149 Å². The first kappa shape index (κ1) is 23.0. The molecule has 0 amide bonds. The van der Waals surface area contributed by atoms with Gasteiger partial charge < -0.3 is 9.47 Å². The molecule has 0 aliphatic heterocycles. The van der Waals surface area contributed by atoms with Crippen LogP contribution in [0, 0.1) is 12.3 Å². The summed E-state index contributed by atoms with van der Waals surface area (Å²) in [4.78, 5) is 11.5. The molecule has 3 heteroatoms. The van der Waals surface area contributed by atoms with E-state index in [0.29, 0.717) is 19.6 Å². The zero-order valence-electron chi connectivity index (χ0n) is 15.8. The fourth-order valence-corrected chi connectivity index (χ4v) is 2.70. The number of hydrogen-bond donors (Lipinski definition) is 0. The van der Waals surface area contributed by atoms with Gasteiger partial charge in [0.25, 0.3) is 0 Å². The summed E-state index contributed by atoms with van der Waals surface area (Å²) in [5.41, 5.74) is 0. The van der Waals surface area contributed by atoms with E-state index < -0.39 is 0 Å². The Morgan fingerprint density at radius 1 is 0.792 bits per heavy atom. The first-order valence-electron chi connectivity index (χ1n) is 9.98. The summed E-state index contributed by atoms with van der Waals surface area (Å²) in [6.07, 6.45) is 22.6. The van der Waals surface area contributed by atoms with Crippen LogP contribution in [0.3, 0.4) is 0 Å². The molecule has 0 aliphatic rings. The number of ether oxygens (including phenoxy) is 2. The molecule has 0 aliphatic carbocycles. The zero-order chi connectivity index (χ0) is 17.7. The Morgan fingerprint density at radius 2 is 1.29 bits per heavy atom. The first-order chi connectivity index (χ1) is 11.8. The van der Waals surface area contributed by atoms with Gasteiger partial charge in [-0.1, -0.05) is 89.9 Å². The molecule has 0 aromatic rings. The Hall–Kier alpha value is -1.01. The predicted octanol–water partition coefficient (Wildman–Crippen LogP) is 5.66. The first-order valence-corrected chi connectivity index (χ1v) is 9.98. The number of esters is 1. The van der Waals surface area contributed by atoms with E-state index >= 15 is 0 Å². The molecular formula is C21H38O3. The SMILES string of the molecule is C#CCOCCOC(=O)CCCCCCCCCCCCCCC. The highest BCUT2D eigenvalue weighted by molar-refractivity contribution is 5.69. The van der Waals surface area contributed by atoms with Crippen LogP contribution in [0.15, 0.2) is 0 Å². The third kappa shape index (κ3) is 19.0. The van der Waals surface area contributed by atoms with Crippen molar-refractivity contribution in [1.29, 1.82) is 0 Å². The molecule has 0 heterocycles. The van der Waals surface area contributed by atoms with Crippen LogP contribution in [-0.4, -0.2) is 25.8 Å². The van der Waals surface area contributed by atoms with Crippen LogP contribution in [0.4, 0.5) is 0 Å². The smallest absolute Gasteiger partial charge is 0.305 e. The molecule has 0 atom stereocenters. The van der Waals surface area contributed by atoms with Gasteiger partial charge in [0.1, 0.15) is 13.2 Å². The molecule has 0 saturated carbocycles. The molecule has 140 valence electrons. The maximum absolute atomic E-state index is 11.5. The predicted molar refractivity (Wildman–Crippen MR) is 101 cm³/mol. The monoisotopic (exact) mass is 338 g/mol. The number of unbranched alkanes of at least 4 members (excludes halogenated alkanes) is 12. The van der Waals surface area contributed by atoms with Crippen molar-refractivity contribution in [2.75, 3.05) is 19.8 Å². The van der Waals surface area contributed by atoms with Crippen molar-refractivity contribution >= 4 is 5.97 Å². The van der Waals surface area contributed by atoms with E-state index in [1.165, 1.54) is 70.6 Å². The van der Waals surface area contributed by atoms with Crippen molar-refractivity contribution in [3.63, 3.8) is 0 Å². The number of hydrogen-bond acceptors (Lipinski definition) is 3. The fraction of sp³-hybridized carbons (Fsp3) is 0.857. The van der Waals surface area contributed by atoms with Crippen LogP contribution in [0.2, 0.25) is 0 Å². The van der Waals surface area contributed by atoms with E-state index in [0.717, 1.165) is 12.8 Å². The van der Waals surface area contributed by atoms with Gasteiger partial charge in [-0.3, -0.25) is 4.79 Å². The maximum Gasteiger partial charge on any atom is 0.305 e. The van der Waals surface area contributed by atoms with E-state index in [4.69, 9.17) is 15.9 Å². The highest BCUT2D eigenvalue weighted by Crippen LogP contribution is 2.13. The summed E-state index contributed by atoms with van der Waals surface area (Å²) < 4.78 is 10.1. The summed E-state index contributed by atoms with van der Waals surface area (Å²) in [6, 6.07) is 0. The van der Waals surface area contributed by atoms with E-state index in [1.54, 1.807) is 0 Å². The molecule has 0 spiro atoms. The van der Waals surface area contributed by atoms with E-state index in [9.17, 15) is 4.79 Å². The number of carbonyl (C=O) groups is 1. The van der Waals surface area contributed by atoms with Gasteiger partial charge >= 0.3 is 5.97 Å². The second-order valence-corrected chi connectivity index (χ2v) is 6.47. The van der Waals surface area contributed by atoms with Gasteiger partial charge in [0.15, 0.2) is 0 Å². The van der Waals surface area contributed by atoms with Crippen LogP contribution in [-0.2, 0) is 14.3 Å². The summed E-state index contributed by atoms with van der Waals surface area (Å²) in [5, 5.41) is 0. The lowest BCUT2D eigenvalue weighted by Gasteiger charge is -2.05. The van der Waals surface area contributed by atoms with Crippen molar-refractivity contribution in [2.45, 2.75) is 96.8 Å². The average molecular weight is 339 g/mol. The molecule has 0 saturated heterocycles. The van der Waals surface area contributed by atoms with Gasteiger partial charge in [0.2, 0.25) is 0 Å². The maximum atomic E-state index is 11.5. The van der Waals surface area contributed by atoms with Crippen molar-refractivity contribution in [2.24, 2.45) is 0 Å². The van der Waals surface area contributed by atoms with Crippen molar-refractivity contribution < 1.29 is 14.3 Å². The topological polar surface area (TPSA) is 35.5 Å². The summed E-state index contributed by atoms with van der Waals surface area (Å²) in [5.74, 6) is 2.25. The molecule has 0 aromatic carbocycles. The number of carbonyl (C=O) groups excluding carboxylic acids is 1. The second kappa shape index (κ2) is 20.0. The van der Waals surface area contributed by atoms with Gasteiger partial charge in [-0.15, -0.1) is 6.42 Å². The lowest BCUT2D eigenvalue weighted by molar-refractivity contribution is -0.145. The van der Waals surface area contributed by atoms with Crippen molar-refractivity contribution in [3.8, 4) is 12.3 Å². The molecular weight excluding hydrogens is 300 g/mol. The second-order valence-electron chi connectivity index (χ2n) is 6.47. The molecule has 3 nitrogen and oxygen atoms in total. The lowest BCUT2D eigenvalue weighted by atomic mass is 10.0. The third-order valence-electron chi connectivity index (χ3n) is 4.16. The molecule has 0 bridgehead atoms. The summed E-state index contributed by atoms with van der Waals surface area (Å²) in [7, 11) is 0. The molecule has 0 fully saturated rings. The van der Waals surface area contributed by atoms with E-state index in [-0.39, 0.29) is 12.6 Å². The molecule has 24 heavy (non-hydrogen) atoms. The number of rotatable bonds is 18. The lowest BCUT2D eigenvalue weighted by Crippen LogP contribution is -2.10. The molecule has 0 aromatic heterocycles. The van der Waals surface area contributed by atoms with Crippen LogP contribution in [0.25, 0.3) is 0 Å². The van der Waals surface area contributed by atoms with Crippen molar-refractivity contribution in [3.05, 3.63) is 0 Å². The molecule has 0 rings (SSSR count). The highest BCUT2D eigenvalue weighted by atomic mass is 16.6. The molecule has 0 N–H and O–H groups in total. The number of terminal acetylenes is 1. The van der Waals surface area contributed by atoms with Gasteiger partial charge in [-0.05, 0) is 6.42 Å². The molecule has 0 radical (unpaired) electrons. The van der Waals surface area contributed by atoms with E-state index in [2.05, 4.69) is 12.8 Å². The minimum atomic E-state index is -0.123. The molecule has 0 unspecified atom stereocenters. The van der Waals surface area contributed by atoms with E-state index in [1.807, 2.05) is 0 Å². The highest BCUT2D eigenvalue weighted by Gasteiger charge is 2.02. The van der Waals surface area contributed by atoms with Crippen LogP contribution >= 0.6 is 0 Å². The minimum absolute atomic E-state index is 0.123. The Morgan fingerprint density at radius 3 is 1.79 bits per heavy atom. The fourth-order valence-electron chi connectivity index (χ4n) is 2.70. The average Bonchev–Trinajstić information content (AvgIpc) is 2.59. The van der Waals surface area contributed by atoms with Crippen LogP contribution in [0.5, 0.6) is 0 Å². The summed E-state index contributed by atoms with van der Waals surface area (Å²) in [6.45, 7) is 3.23. The minimum Gasteiger partial charge on any atom is -0.463 e. The largest absolute Gasteiger partial charge is 0.463 e. The Kier molecular flexibility index (Phi) is 19.2. The normalized spacial score (nSPS) is 10.5. The zero-order valence-corrected chi connectivity index (χ0v) is 15.8. The standard InChI is InChI=1S/C21H38O3/c1-3-5-6-7-8-9-10-11-12-13-14-15-16-17-21(22)24-20-19-23-18-4-2/h2H,3,5-20H2,1H3. The van der Waals surface area contributed by atoms with Crippen LogP contribution in [0.1, 0.15) is 96.8 Å². The summed E-state index contributed by atoms with van der Waals surface area (Å²) >= 11 is 0.